The van der Waals surface area contributed by atoms with Gasteiger partial charge in [0.15, 0.2) is 0 Å². The van der Waals surface area contributed by atoms with Crippen LogP contribution in [-0.4, -0.2) is 95.5 Å². The molecule has 2 aromatic rings. The van der Waals surface area contributed by atoms with Gasteiger partial charge in [-0.15, -0.1) is 0 Å². The standard InChI is InChI=1S/C26H36N4O8S2/c1-27-39(32,33)23-4-2-3-22(12-23)37-18-21(31)14-28-20-13-26(38-17-20)6-8-30(9-7-26)40(34,35)24-11-19-16-36-10-5-25(19)29-15-24/h2-4,11-12,15,20-21,27-28,31H,5-10,13-14,16-18H2,1H3/t20-,21+/m1/s1. The molecule has 0 amide bonds. The van der Waals surface area contributed by atoms with Gasteiger partial charge < -0.3 is 24.6 Å². The lowest BCUT2D eigenvalue weighted by molar-refractivity contribution is -0.0312. The van der Waals surface area contributed by atoms with Crippen molar-refractivity contribution in [3.63, 3.8) is 0 Å². The number of nitrogens with zero attached hydrogens (tertiary/aromatic N) is 2. The molecular weight excluding hydrogens is 560 g/mol. The molecule has 5 rings (SSSR count). The zero-order valence-electron chi connectivity index (χ0n) is 22.4. The Kier molecular flexibility index (Phi) is 8.78. The van der Waals surface area contributed by atoms with Crippen LogP contribution in [0.25, 0.3) is 0 Å². The molecule has 3 aliphatic rings. The van der Waals surface area contributed by atoms with Gasteiger partial charge in [0.1, 0.15) is 23.4 Å². The Hall–Kier alpha value is -2.17. The number of aliphatic hydroxyl groups is 1. The molecule has 0 aliphatic carbocycles. The number of aromatic nitrogens is 1. The molecule has 1 aromatic carbocycles. The monoisotopic (exact) mass is 596 g/mol. The number of pyridine rings is 1. The second-order valence-electron chi connectivity index (χ2n) is 10.4. The summed E-state index contributed by atoms with van der Waals surface area (Å²) in [5.41, 5.74) is 1.33. The first-order valence-electron chi connectivity index (χ1n) is 13.4. The molecule has 220 valence electrons. The molecule has 2 fully saturated rings. The highest BCUT2D eigenvalue weighted by atomic mass is 32.2. The molecule has 0 unspecified atom stereocenters. The topological polar surface area (TPSA) is 156 Å². The molecular formula is C26H36N4O8S2. The van der Waals surface area contributed by atoms with Gasteiger partial charge in [0.25, 0.3) is 0 Å². The van der Waals surface area contributed by atoms with Gasteiger partial charge in [0.2, 0.25) is 20.0 Å². The average Bonchev–Trinajstić information content (AvgIpc) is 3.37. The van der Waals surface area contributed by atoms with Crippen molar-refractivity contribution in [2.24, 2.45) is 0 Å². The molecule has 1 aromatic heterocycles. The van der Waals surface area contributed by atoms with Gasteiger partial charge in [-0.1, -0.05) is 6.07 Å². The average molecular weight is 597 g/mol. The molecule has 3 N–H and O–H groups in total. The van der Waals surface area contributed by atoms with E-state index in [0.717, 1.165) is 17.7 Å². The van der Waals surface area contributed by atoms with Crippen LogP contribution in [0.4, 0.5) is 0 Å². The van der Waals surface area contributed by atoms with E-state index in [9.17, 15) is 21.9 Å². The highest BCUT2D eigenvalue weighted by Crippen LogP contribution is 2.37. The molecule has 2 saturated heterocycles. The summed E-state index contributed by atoms with van der Waals surface area (Å²) in [5.74, 6) is 0.347. The van der Waals surface area contributed by atoms with Crippen LogP contribution in [0, 0.1) is 0 Å². The van der Waals surface area contributed by atoms with Gasteiger partial charge in [-0.3, -0.25) is 4.98 Å². The van der Waals surface area contributed by atoms with Crippen LogP contribution in [0.5, 0.6) is 5.75 Å². The van der Waals surface area contributed by atoms with E-state index in [1.54, 1.807) is 18.2 Å². The fourth-order valence-electron chi connectivity index (χ4n) is 5.37. The summed E-state index contributed by atoms with van der Waals surface area (Å²) in [6.07, 6.45) is 3.22. The summed E-state index contributed by atoms with van der Waals surface area (Å²) in [4.78, 5) is 4.65. The second kappa shape index (κ2) is 12.0. The number of piperidine rings is 1. The highest BCUT2D eigenvalue weighted by molar-refractivity contribution is 7.89. The zero-order chi connectivity index (χ0) is 28.4. The molecule has 14 heteroatoms. The van der Waals surface area contributed by atoms with Gasteiger partial charge >= 0.3 is 0 Å². The summed E-state index contributed by atoms with van der Waals surface area (Å²) in [6.45, 7) is 2.44. The fourth-order valence-corrected chi connectivity index (χ4v) is 7.57. The van der Waals surface area contributed by atoms with E-state index in [2.05, 4.69) is 15.0 Å². The Bertz CT molecular complexity index is 1410. The number of aliphatic hydroxyl groups excluding tert-OH is 1. The van der Waals surface area contributed by atoms with Crippen molar-refractivity contribution in [3.8, 4) is 5.75 Å². The van der Waals surface area contributed by atoms with Gasteiger partial charge in [0, 0.05) is 55.6 Å². The van der Waals surface area contributed by atoms with Crippen molar-refractivity contribution in [2.75, 3.05) is 46.5 Å². The van der Waals surface area contributed by atoms with Crippen molar-refractivity contribution >= 4 is 20.0 Å². The first kappa shape index (κ1) is 29.3. The van der Waals surface area contributed by atoms with E-state index in [1.807, 2.05) is 0 Å². The Labute approximate surface area is 235 Å². The van der Waals surface area contributed by atoms with Crippen LogP contribution in [0.1, 0.15) is 30.5 Å². The maximum Gasteiger partial charge on any atom is 0.244 e. The fraction of sp³-hybridized carbons (Fsp3) is 0.577. The Morgan fingerprint density at radius 1 is 1.20 bits per heavy atom. The van der Waals surface area contributed by atoms with E-state index in [1.165, 1.54) is 29.7 Å². The lowest BCUT2D eigenvalue weighted by atomic mass is 9.88. The predicted octanol–water partition coefficient (Wildman–Crippen LogP) is 0.404. The summed E-state index contributed by atoms with van der Waals surface area (Å²) in [7, 11) is -5.91. The summed E-state index contributed by atoms with van der Waals surface area (Å²) in [6, 6.07) is 7.79. The Balaban J connectivity index is 1.08. The number of nitrogens with one attached hydrogen (secondary N) is 2. The van der Waals surface area contributed by atoms with Crippen molar-refractivity contribution in [3.05, 3.63) is 47.8 Å². The number of ether oxygens (including phenoxy) is 3. The molecule has 0 radical (unpaired) electrons. The first-order valence-corrected chi connectivity index (χ1v) is 16.3. The number of sulfonamides is 2. The van der Waals surface area contributed by atoms with Crippen LogP contribution >= 0.6 is 0 Å². The number of fused-ring (bicyclic) bond motifs is 1. The van der Waals surface area contributed by atoms with Crippen molar-refractivity contribution in [1.29, 1.82) is 0 Å². The van der Waals surface area contributed by atoms with Crippen LogP contribution < -0.4 is 14.8 Å². The van der Waals surface area contributed by atoms with E-state index >= 15 is 0 Å². The lowest BCUT2D eigenvalue weighted by Gasteiger charge is -2.38. The van der Waals surface area contributed by atoms with Crippen LogP contribution in [0.2, 0.25) is 0 Å². The summed E-state index contributed by atoms with van der Waals surface area (Å²) in [5, 5.41) is 13.7. The van der Waals surface area contributed by atoms with Crippen molar-refractivity contribution in [2.45, 2.75) is 59.8 Å². The Morgan fingerprint density at radius 3 is 2.77 bits per heavy atom. The molecule has 1 spiro atoms. The number of benzene rings is 1. The third kappa shape index (κ3) is 6.49. The first-order chi connectivity index (χ1) is 19.1. The SMILES string of the molecule is CNS(=O)(=O)c1cccc(OC[C@@H](O)CN[C@H]2COC3(CCN(S(=O)(=O)c4cnc5c(c4)COCC5)CC3)C2)c1. The zero-order valence-corrected chi connectivity index (χ0v) is 24.0. The minimum atomic E-state index is -3.66. The van der Waals surface area contributed by atoms with E-state index in [4.69, 9.17) is 14.2 Å². The quantitative estimate of drug-likeness (QED) is 0.351. The van der Waals surface area contributed by atoms with Gasteiger partial charge in [-0.05, 0) is 44.5 Å². The Morgan fingerprint density at radius 2 is 2.00 bits per heavy atom. The van der Waals surface area contributed by atoms with Gasteiger partial charge in [-0.25, -0.2) is 21.6 Å². The van der Waals surface area contributed by atoms with E-state index in [0.29, 0.717) is 57.9 Å². The minimum Gasteiger partial charge on any atom is -0.491 e. The summed E-state index contributed by atoms with van der Waals surface area (Å²) >= 11 is 0. The molecule has 0 bridgehead atoms. The molecule has 4 heterocycles. The van der Waals surface area contributed by atoms with Gasteiger partial charge in [0.05, 0.1) is 30.3 Å². The van der Waals surface area contributed by atoms with Gasteiger partial charge in [-0.2, -0.15) is 4.31 Å². The molecule has 40 heavy (non-hydrogen) atoms. The highest BCUT2D eigenvalue weighted by Gasteiger charge is 2.44. The van der Waals surface area contributed by atoms with E-state index < -0.39 is 31.8 Å². The second-order valence-corrected chi connectivity index (χ2v) is 14.3. The smallest absolute Gasteiger partial charge is 0.244 e. The van der Waals surface area contributed by atoms with Crippen molar-refractivity contribution < 1.29 is 36.2 Å². The van der Waals surface area contributed by atoms with Crippen LogP contribution in [0.3, 0.4) is 0 Å². The number of hydrogen-bond acceptors (Lipinski definition) is 10. The van der Waals surface area contributed by atoms with Crippen molar-refractivity contribution in [1.82, 2.24) is 19.3 Å². The van der Waals surface area contributed by atoms with E-state index in [-0.39, 0.29) is 29.0 Å². The predicted molar refractivity (Wildman–Crippen MR) is 145 cm³/mol. The normalized spacial score (nSPS) is 22.2. The lowest BCUT2D eigenvalue weighted by Crippen LogP contribution is -2.47. The third-order valence-corrected chi connectivity index (χ3v) is 11.0. The van der Waals surface area contributed by atoms with Crippen LogP contribution in [0.15, 0.2) is 46.3 Å². The van der Waals surface area contributed by atoms with Crippen LogP contribution in [-0.2, 0) is 42.5 Å². The summed E-state index contributed by atoms with van der Waals surface area (Å²) < 4.78 is 71.5. The maximum absolute atomic E-state index is 13.3. The molecule has 12 nitrogen and oxygen atoms in total. The molecule has 0 saturated carbocycles. The maximum atomic E-state index is 13.3. The largest absolute Gasteiger partial charge is 0.491 e. The third-order valence-electron chi connectivity index (χ3n) is 7.73. The molecule has 2 atom stereocenters. The minimum absolute atomic E-state index is 0.00866. The molecule has 3 aliphatic heterocycles. The number of hydrogen-bond donors (Lipinski definition) is 3. The number of rotatable bonds is 10.